The Morgan fingerprint density at radius 1 is 1.38 bits per heavy atom. The highest BCUT2D eigenvalue weighted by molar-refractivity contribution is 7.91. The van der Waals surface area contributed by atoms with Crippen molar-refractivity contribution in [3.05, 3.63) is 0 Å². The zero-order chi connectivity index (χ0) is 16.0. The summed E-state index contributed by atoms with van der Waals surface area (Å²) in [5.74, 6) is -2.01. The second kappa shape index (κ2) is 7.25. The van der Waals surface area contributed by atoms with E-state index < -0.39 is 39.9 Å². The third-order valence-corrected chi connectivity index (χ3v) is 4.80. The molecular weight excluding hydrogens is 304 g/mol. The number of hydrogen-bond acceptors (Lipinski definition) is 6. The minimum absolute atomic E-state index is 0.00263. The number of rotatable bonds is 6. The minimum Gasteiger partial charge on any atom is -0.480 e. The average Bonchev–Trinajstić information content (AvgIpc) is 2.72. The summed E-state index contributed by atoms with van der Waals surface area (Å²) >= 11 is 0. The van der Waals surface area contributed by atoms with Crippen LogP contribution in [0.3, 0.4) is 0 Å². The molecule has 2 atom stereocenters. The number of carboxylic acid groups (broad SMARTS) is 1. The van der Waals surface area contributed by atoms with Gasteiger partial charge in [-0.15, -0.1) is 0 Å². The fourth-order valence-electron chi connectivity index (χ4n) is 1.92. The molecule has 10 heteroatoms. The normalized spacial score (nSPS) is 21.3. The van der Waals surface area contributed by atoms with Gasteiger partial charge in [-0.2, -0.15) is 0 Å². The first-order valence-corrected chi connectivity index (χ1v) is 8.12. The van der Waals surface area contributed by atoms with Gasteiger partial charge >= 0.3 is 18.0 Å². The summed E-state index contributed by atoms with van der Waals surface area (Å²) < 4.78 is 26.9. The fourth-order valence-corrected chi connectivity index (χ4v) is 3.59. The van der Waals surface area contributed by atoms with E-state index in [1.165, 1.54) is 7.11 Å². The molecule has 0 aromatic rings. The monoisotopic (exact) mass is 322 g/mol. The molecule has 0 radical (unpaired) electrons. The van der Waals surface area contributed by atoms with Gasteiger partial charge in [0, 0.05) is 12.5 Å². The number of methoxy groups -OCH3 is 1. The first-order valence-electron chi connectivity index (χ1n) is 6.30. The molecule has 21 heavy (non-hydrogen) atoms. The van der Waals surface area contributed by atoms with Gasteiger partial charge in [0.1, 0.15) is 6.04 Å². The van der Waals surface area contributed by atoms with Crippen molar-refractivity contribution in [3.63, 3.8) is 0 Å². The number of esters is 1. The number of sulfone groups is 1. The Bertz CT molecular complexity index is 517. The molecule has 1 unspecified atom stereocenters. The Morgan fingerprint density at radius 3 is 2.52 bits per heavy atom. The van der Waals surface area contributed by atoms with Gasteiger partial charge in [0.15, 0.2) is 9.84 Å². The number of carboxylic acids is 1. The summed E-state index contributed by atoms with van der Waals surface area (Å²) in [5.41, 5.74) is 0. The van der Waals surface area contributed by atoms with Crippen molar-refractivity contribution in [1.82, 2.24) is 10.6 Å². The smallest absolute Gasteiger partial charge is 0.326 e. The highest BCUT2D eigenvalue weighted by Crippen LogP contribution is 2.11. The van der Waals surface area contributed by atoms with E-state index in [4.69, 9.17) is 5.11 Å². The van der Waals surface area contributed by atoms with E-state index in [2.05, 4.69) is 15.4 Å². The van der Waals surface area contributed by atoms with Gasteiger partial charge in [-0.05, 0) is 12.8 Å². The molecule has 1 aliphatic rings. The highest BCUT2D eigenvalue weighted by atomic mass is 32.2. The third kappa shape index (κ3) is 5.98. The van der Waals surface area contributed by atoms with E-state index in [1.54, 1.807) is 0 Å². The van der Waals surface area contributed by atoms with Crippen LogP contribution < -0.4 is 10.6 Å². The van der Waals surface area contributed by atoms with Crippen molar-refractivity contribution < 1.29 is 32.6 Å². The van der Waals surface area contributed by atoms with Gasteiger partial charge in [0.2, 0.25) is 0 Å². The predicted octanol–water partition coefficient (Wildman–Crippen LogP) is -1.12. The van der Waals surface area contributed by atoms with Gasteiger partial charge in [0.25, 0.3) is 0 Å². The zero-order valence-corrected chi connectivity index (χ0v) is 12.3. The molecular formula is C11H18N2O7S. The van der Waals surface area contributed by atoms with Gasteiger partial charge in [-0.3, -0.25) is 4.79 Å². The molecule has 0 bridgehead atoms. The van der Waals surface area contributed by atoms with Gasteiger partial charge in [-0.1, -0.05) is 0 Å². The molecule has 1 rings (SSSR count). The number of amides is 2. The summed E-state index contributed by atoms with van der Waals surface area (Å²) in [4.78, 5) is 33.6. The number of ether oxygens (including phenoxy) is 1. The molecule has 120 valence electrons. The molecule has 3 N–H and O–H groups in total. The van der Waals surface area contributed by atoms with Crippen molar-refractivity contribution in [2.45, 2.75) is 31.3 Å². The number of nitrogens with one attached hydrogen (secondary N) is 2. The second-order valence-corrected chi connectivity index (χ2v) is 6.95. The third-order valence-electron chi connectivity index (χ3n) is 3.04. The van der Waals surface area contributed by atoms with Crippen molar-refractivity contribution in [2.75, 3.05) is 18.6 Å². The van der Waals surface area contributed by atoms with Crippen LogP contribution >= 0.6 is 0 Å². The summed E-state index contributed by atoms with van der Waals surface area (Å²) in [6.45, 7) is 0. The van der Waals surface area contributed by atoms with Crippen molar-refractivity contribution >= 4 is 27.8 Å². The lowest BCUT2D eigenvalue weighted by molar-refractivity contribution is -0.142. The number of hydrogen-bond donors (Lipinski definition) is 3. The van der Waals surface area contributed by atoms with Crippen LogP contribution in [0, 0.1) is 0 Å². The zero-order valence-electron chi connectivity index (χ0n) is 11.5. The van der Waals surface area contributed by atoms with Crippen molar-refractivity contribution in [3.8, 4) is 0 Å². The lowest BCUT2D eigenvalue weighted by Gasteiger charge is -2.17. The SMILES string of the molecule is COC(=O)CC[C@@H](NC(=O)NC1CCS(=O)(=O)C1)C(=O)O. The predicted molar refractivity (Wildman–Crippen MR) is 71.4 cm³/mol. The Labute approximate surface area is 122 Å². The lowest BCUT2D eigenvalue weighted by Crippen LogP contribution is -2.49. The van der Waals surface area contributed by atoms with E-state index in [0.717, 1.165) is 0 Å². The Hall–Kier alpha value is -1.84. The maximum absolute atomic E-state index is 11.6. The molecule has 1 heterocycles. The van der Waals surface area contributed by atoms with E-state index in [0.29, 0.717) is 6.42 Å². The molecule has 0 aliphatic carbocycles. The first kappa shape index (κ1) is 17.2. The standard InChI is InChI=1S/C11H18N2O7S/c1-20-9(14)3-2-8(10(15)16)13-11(17)12-7-4-5-21(18,19)6-7/h7-8H,2-6H2,1H3,(H,15,16)(H2,12,13,17)/t7?,8-/m1/s1. The Balaban J connectivity index is 2.45. The van der Waals surface area contributed by atoms with Crippen LogP contribution in [-0.4, -0.2) is 62.2 Å². The Morgan fingerprint density at radius 2 is 2.05 bits per heavy atom. The molecule has 1 fully saturated rings. The van der Waals surface area contributed by atoms with Crippen LogP contribution in [0.15, 0.2) is 0 Å². The molecule has 2 amide bonds. The average molecular weight is 322 g/mol. The molecule has 0 aromatic heterocycles. The topological polar surface area (TPSA) is 139 Å². The van der Waals surface area contributed by atoms with Crippen molar-refractivity contribution in [2.24, 2.45) is 0 Å². The molecule has 1 aliphatic heterocycles. The van der Waals surface area contributed by atoms with Gasteiger partial charge < -0.3 is 20.5 Å². The fraction of sp³-hybridized carbons (Fsp3) is 0.727. The summed E-state index contributed by atoms with van der Waals surface area (Å²) in [6.07, 6.45) is 0.0413. The van der Waals surface area contributed by atoms with Crippen LogP contribution in [0.4, 0.5) is 4.79 Å². The number of urea groups is 1. The van der Waals surface area contributed by atoms with Crippen molar-refractivity contribution in [1.29, 1.82) is 0 Å². The molecule has 0 spiro atoms. The maximum Gasteiger partial charge on any atom is 0.326 e. The summed E-state index contributed by atoms with van der Waals surface area (Å²) in [6, 6.07) is -2.54. The first-order chi connectivity index (χ1) is 9.73. The van der Waals surface area contributed by atoms with Crippen LogP contribution in [-0.2, 0) is 24.2 Å². The molecule has 1 saturated heterocycles. The molecule has 9 nitrogen and oxygen atoms in total. The number of aliphatic carboxylic acids is 1. The van der Waals surface area contributed by atoms with E-state index in [9.17, 15) is 22.8 Å². The minimum atomic E-state index is -3.13. The Kier molecular flexibility index (Phi) is 5.94. The van der Waals surface area contributed by atoms with E-state index in [1.807, 2.05) is 0 Å². The lowest BCUT2D eigenvalue weighted by atomic mass is 10.1. The van der Waals surface area contributed by atoms with Crippen LogP contribution in [0.25, 0.3) is 0 Å². The summed E-state index contributed by atoms with van der Waals surface area (Å²) in [7, 11) is -1.95. The van der Waals surface area contributed by atoms with Crippen LogP contribution in [0.5, 0.6) is 0 Å². The molecule has 0 saturated carbocycles. The van der Waals surface area contributed by atoms with Crippen LogP contribution in [0.1, 0.15) is 19.3 Å². The second-order valence-electron chi connectivity index (χ2n) is 4.72. The number of carbonyl (C=O) groups excluding carboxylic acids is 2. The summed E-state index contributed by atoms with van der Waals surface area (Å²) in [5, 5.41) is 13.6. The molecule has 0 aromatic carbocycles. The van der Waals surface area contributed by atoms with Gasteiger partial charge in [-0.25, -0.2) is 18.0 Å². The van der Waals surface area contributed by atoms with E-state index in [-0.39, 0.29) is 24.3 Å². The maximum atomic E-state index is 11.6. The van der Waals surface area contributed by atoms with Gasteiger partial charge in [0.05, 0.1) is 18.6 Å². The van der Waals surface area contributed by atoms with E-state index >= 15 is 0 Å². The number of carbonyl (C=O) groups is 3. The largest absolute Gasteiger partial charge is 0.480 e. The highest BCUT2D eigenvalue weighted by Gasteiger charge is 2.30. The van der Waals surface area contributed by atoms with Crippen LogP contribution in [0.2, 0.25) is 0 Å². The quantitative estimate of drug-likeness (QED) is 0.526.